The smallest absolute Gasteiger partial charge is 0.224 e. The zero-order valence-corrected chi connectivity index (χ0v) is 15.5. The van der Waals surface area contributed by atoms with Crippen LogP contribution in [0.5, 0.6) is 0 Å². The summed E-state index contributed by atoms with van der Waals surface area (Å²) in [6.45, 7) is 3.82. The van der Waals surface area contributed by atoms with Gasteiger partial charge in [-0.1, -0.05) is 18.2 Å². The minimum Gasteiger partial charge on any atom is -0.321 e. The van der Waals surface area contributed by atoms with E-state index in [1.54, 1.807) is 4.52 Å². The minimum absolute atomic E-state index is 0.0728. The van der Waals surface area contributed by atoms with Gasteiger partial charge in [0, 0.05) is 23.2 Å². The van der Waals surface area contributed by atoms with Gasteiger partial charge in [0.15, 0.2) is 5.65 Å². The third kappa shape index (κ3) is 3.09. The van der Waals surface area contributed by atoms with Crippen LogP contribution in [0.25, 0.3) is 16.6 Å². The van der Waals surface area contributed by atoms with Gasteiger partial charge in [0.25, 0.3) is 0 Å². The van der Waals surface area contributed by atoms with Gasteiger partial charge < -0.3 is 5.32 Å². The molecule has 2 aromatic heterocycles. The molecule has 28 heavy (non-hydrogen) atoms. The molecule has 7 heteroatoms. The summed E-state index contributed by atoms with van der Waals surface area (Å²) < 4.78 is 29.2. The van der Waals surface area contributed by atoms with E-state index in [1.807, 2.05) is 38.1 Å². The van der Waals surface area contributed by atoms with Crippen LogP contribution < -0.4 is 5.32 Å². The quantitative estimate of drug-likeness (QED) is 0.573. The van der Waals surface area contributed by atoms with Crippen molar-refractivity contribution < 1.29 is 13.6 Å². The van der Waals surface area contributed by atoms with Crippen molar-refractivity contribution in [3.8, 4) is 0 Å². The molecule has 0 aliphatic rings. The Kier molecular flexibility index (Phi) is 4.50. The molecule has 0 unspecified atom stereocenters. The number of rotatable bonds is 4. The summed E-state index contributed by atoms with van der Waals surface area (Å²) in [5, 5.41) is 7.87. The van der Waals surface area contributed by atoms with Gasteiger partial charge >= 0.3 is 0 Å². The first-order chi connectivity index (χ1) is 13.5. The molecule has 4 aromatic rings. The lowest BCUT2D eigenvalue weighted by atomic mass is 10.1. The second kappa shape index (κ2) is 6.99. The van der Waals surface area contributed by atoms with E-state index in [9.17, 15) is 13.6 Å². The maximum Gasteiger partial charge on any atom is 0.224 e. The molecule has 2 heterocycles. The number of hydrogen-bond acceptors (Lipinski definition) is 3. The molecule has 4 rings (SSSR count). The van der Waals surface area contributed by atoms with Crippen LogP contribution in [0, 0.1) is 25.5 Å². The molecular weight excluding hydrogens is 362 g/mol. The van der Waals surface area contributed by atoms with E-state index in [4.69, 9.17) is 0 Å². The zero-order valence-electron chi connectivity index (χ0n) is 15.5. The Bertz CT molecular complexity index is 1200. The predicted molar refractivity (Wildman–Crippen MR) is 103 cm³/mol. The fourth-order valence-electron chi connectivity index (χ4n) is 3.40. The highest BCUT2D eigenvalue weighted by Gasteiger charge is 2.16. The van der Waals surface area contributed by atoms with Gasteiger partial charge in [-0.3, -0.25) is 4.79 Å². The molecule has 2 aromatic carbocycles. The number of benzene rings is 2. The van der Waals surface area contributed by atoms with Crippen molar-refractivity contribution in [2.75, 3.05) is 5.32 Å². The number of fused-ring (bicyclic) bond motifs is 3. The van der Waals surface area contributed by atoms with E-state index in [0.717, 1.165) is 45.6 Å². The number of hydrogen-bond donors (Lipinski definition) is 1. The zero-order chi connectivity index (χ0) is 19.8. The molecule has 0 bridgehead atoms. The standard InChI is InChI=1S/C21H18F2N4O/c1-12-14(10-11-19(28)25-20-16(22)7-5-8-17(20)23)13(2)27-21(24-12)15-6-3-4-9-18(15)26-27/h3-9H,10-11H2,1-2H3,(H,25,28). The van der Waals surface area contributed by atoms with E-state index < -0.39 is 23.2 Å². The van der Waals surface area contributed by atoms with Gasteiger partial charge in [-0.15, -0.1) is 0 Å². The molecule has 5 nitrogen and oxygen atoms in total. The van der Waals surface area contributed by atoms with Crippen molar-refractivity contribution in [2.45, 2.75) is 26.7 Å². The van der Waals surface area contributed by atoms with Crippen molar-refractivity contribution in [3.63, 3.8) is 0 Å². The number of aryl methyl sites for hydroxylation is 2. The van der Waals surface area contributed by atoms with Gasteiger partial charge in [-0.2, -0.15) is 5.10 Å². The van der Waals surface area contributed by atoms with E-state index >= 15 is 0 Å². The predicted octanol–water partition coefficient (Wildman–Crippen LogP) is 4.35. The summed E-state index contributed by atoms with van der Waals surface area (Å²) in [4.78, 5) is 16.9. The van der Waals surface area contributed by atoms with Gasteiger partial charge in [0.1, 0.15) is 17.3 Å². The molecule has 142 valence electrons. The number of carbonyl (C=O) groups is 1. The SMILES string of the molecule is Cc1nc2c3ccccc3nn2c(C)c1CCC(=O)Nc1c(F)cccc1F. The van der Waals surface area contributed by atoms with E-state index in [-0.39, 0.29) is 6.42 Å². The van der Waals surface area contributed by atoms with Crippen LogP contribution in [0.2, 0.25) is 0 Å². The average Bonchev–Trinajstić information content (AvgIpc) is 3.03. The lowest BCUT2D eigenvalue weighted by Crippen LogP contribution is -2.16. The molecule has 1 amide bonds. The monoisotopic (exact) mass is 380 g/mol. The molecule has 0 saturated carbocycles. The largest absolute Gasteiger partial charge is 0.321 e. The highest BCUT2D eigenvalue weighted by Crippen LogP contribution is 2.23. The van der Waals surface area contributed by atoms with E-state index in [0.29, 0.717) is 6.42 Å². The summed E-state index contributed by atoms with van der Waals surface area (Å²) in [5.74, 6) is -2.06. The van der Waals surface area contributed by atoms with Crippen molar-refractivity contribution in [3.05, 3.63) is 71.1 Å². The number of amides is 1. The number of aromatic nitrogens is 3. The van der Waals surface area contributed by atoms with Crippen molar-refractivity contribution in [2.24, 2.45) is 0 Å². The number of anilines is 1. The van der Waals surface area contributed by atoms with Crippen LogP contribution in [-0.2, 0) is 11.2 Å². The van der Waals surface area contributed by atoms with Crippen LogP contribution >= 0.6 is 0 Å². The fraction of sp³-hybridized carbons (Fsp3) is 0.190. The molecule has 0 saturated heterocycles. The average molecular weight is 380 g/mol. The summed E-state index contributed by atoms with van der Waals surface area (Å²) in [6.07, 6.45) is 0.460. The molecular formula is C21H18F2N4O. The second-order valence-corrected chi connectivity index (χ2v) is 6.66. The third-order valence-electron chi connectivity index (χ3n) is 4.85. The highest BCUT2D eigenvalue weighted by atomic mass is 19.1. The Morgan fingerprint density at radius 3 is 2.54 bits per heavy atom. The molecule has 0 fully saturated rings. The van der Waals surface area contributed by atoms with Crippen LogP contribution in [-0.4, -0.2) is 20.5 Å². The Morgan fingerprint density at radius 1 is 1.07 bits per heavy atom. The lowest BCUT2D eigenvalue weighted by Gasteiger charge is -2.12. The second-order valence-electron chi connectivity index (χ2n) is 6.66. The number of carbonyl (C=O) groups excluding carboxylic acids is 1. The van der Waals surface area contributed by atoms with Crippen LogP contribution in [0.4, 0.5) is 14.5 Å². The van der Waals surface area contributed by atoms with Crippen molar-refractivity contribution >= 4 is 28.1 Å². The first-order valence-electron chi connectivity index (χ1n) is 8.93. The Morgan fingerprint density at radius 2 is 1.79 bits per heavy atom. The first-order valence-corrected chi connectivity index (χ1v) is 8.93. The van der Waals surface area contributed by atoms with Crippen LogP contribution in [0.3, 0.4) is 0 Å². The summed E-state index contributed by atoms with van der Waals surface area (Å²) in [5.41, 5.74) is 3.79. The van der Waals surface area contributed by atoms with Gasteiger partial charge in [0.05, 0.1) is 5.52 Å². The summed E-state index contributed by atoms with van der Waals surface area (Å²) in [6, 6.07) is 11.2. The molecule has 0 atom stereocenters. The summed E-state index contributed by atoms with van der Waals surface area (Å²) >= 11 is 0. The maximum atomic E-state index is 13.7. The molecule has 0 radical (unpaired) electrons. The first kappa shape index (κ1) is 18.0. The van der Waals surface area contributed by atoms with E-state index in [1.165, 1.54) is 6.07 Å². The minimum atomic E-state index is -0.799. The molecule has 0 aliphatic heterocycles. The van der Waals surface area contributed by atoms with Crippen molar-refractivity contribution in [1.82, 2.24) is 14.6 Å². The molecule has 0 spiro atoms. The molecule has 1 N–H and O–H groups in total. The van der Waals surface area contributed by atoms with Gasteiger partial charge in [-0.05, 0) is 50.1 Å². The van der Waals surface area contributed by atoms with E-state index in [2.05, 4.69) is 15.4 Å². The number of nitrogens with one attached hydrogen (secondary N) is 1. The number of nitrogens with zero attached hydrogens (tertiary/aromatic N) is 3. The highest BCUT2D eigenvalue weighted by molar-refractivity contribution is 5.92. The Hall–Kier alpha value is -3.35. The Labute approximate surface area is 160 Å². The van der Waals surface area contributed by atoms with Crippen molar-refractivity contribution in [1.29, 1.82) is 0 Å². The molecule has 0 aliphatic carbocycles. The fourth-order valence-corrected chi connectivity index (χ4v) is 3.40. The number of para-hydroxylation sites is 1. The van der Waals surface area contributed by atoms with Gasteiger partial charge in [0.2, 0.25) is 5.91 Å². The van der Waals surface area contributed by atoms with Crippen LogP contribution in [0.15, 0.2) is 42.5 Å². The third-order valence-corrected chi connectivity index (χ3v) is 4.85. The normalized spacial score (nSPS) is 11.3. The van der Waals surface area contributed by atoms with Crippen LogP contribution in [0.1, 0.15) is 23.4 Å². The lowest BCUT2D eigenvalue weighted by molar-refractivity contribution is -0.116. The Balaban J connectivity index is 1.59. The maximum absolute atomic E-state index is 13.7. The topological polar surface area (TPSA) is 59.3 Å². The number of halogens is 2. The summed E-state index contributed by atoms with van der Waals surface area (Å²) in [7, 11) is 0. The van der Waals surface area contributed by atoms with Gasteiger partial charge in [-0.25, -0.2) is 18.3 Å².